The lowest BCUT2D eigenvalue weighted by Crippen LogP contribution is -2.21. The van der Waals surface area contributed by atoms with Gasteiger partial charge in [0.25, 0.3) is 0 Å². The van der Waals surface area contributed by atoms with Crippen LogP contribution < -0.4 is 0 Å². The van der Waals surface area contributed by atoms with Crippen molar-refractivity contribution in [1.82, 2.24) is 5.12 Å². The van der Waals surface area contributed by atoms with Crippen LogP contribution in [0.4, 0.5) is 0 Å². The van der Waals surface area contributed by atoms with E-state index < -0.39 is 6.04 Å². The van der Waals surface area contributed by atoms with E-state index >= 15 is 0 Å². The highest BCUT2D eigenvalue weighted by molar-refractivity contribution is 5.83. The second-order valence-electron chi connectivity index (χ2n) is 2.81. The molecule has 0 N–H and O–H groups in total. The number of benzene rings is 1. The smallest absolute Gasteiger partial charge is 0.186 e. The van der Waals surface area contributed by atoms with E-state index in [9.17, 15) is 4.91 Å². The van der Waals surface area contributed by atoms with Crippen LogP contribution in [0.3, 0.4) is 0 Å². The predicted molar refractivity (Wildman–Crippen MR) is 50.0 cm³/mol. The largest absolute Gasteiger partial charge is 0.195 e. The van der Waals surface area contributed by atoms with Crippen LogP contribution in [0.2, 0.25) is 0 Å². The highest BCUT2D eigenvalue weighted by Crippen LogP contribution is 2.26. The summed E-state index contributed by atoms with van der Waals surface area (Å²) in [6.45, 7) is 0. The van der Waals surface area contributed by atoms with Gasteiger partial charge >= 0.3 is 0 Å². The minimum Gasteiger partial charge on any atom is -0.195 e. The zero-order valence-electron chi connectivity index (χ0n) is 7.16. The van der Waals surface area contributed by atoms with Crippen molar-refractivity contribution in [3.05, 3.63) is 40.3 Å². The fourth-order valence-electron chi connectivity index (χ4n) is 1.38. The molecule has 14 heavy (non-hydrogen) atoms. The van der Waals surface area contributed by atoms with Gasteiger partial charge < -0.3 is 0 Å². The molecule has 0 bridgehead atoms. The Morgan fingerprint density at radius 1 is 1.50 bits per heavy atom. The molecule has 0 saturated carbocycles. The van der Waals surface area contributed by atoms with Gasteiger partial charge in [0.05, 0.1) is 17.6 Å². The molecule has 1 aromatic carbocycles. The molecule has 2 rings (SSSR count). The number of nitriles is 1. The summed E-state index contributed by atoms with van der Waals surface area (Å²) in [6.07, 6.45) is 1.52. The van der Waals surface area contributed by atoms with Crippen molar-refractivity contribution in [3.63, 3.8) is 0 Å². The fourth-order valence-corrected chi connectivity index (χ4v) is 1.38. The van der Waals surface area contributed by atoms with Crippen LogP contribution in [0.15, 0.2) is 34.7 Å². The molecule has 0 radical (unpaired) electrons. The second-order valence-corrected chi connectivity index (χ2v) is 2.81. The normalized spacial score (nSPS) is 18.5. The third kappa shape index (κ3) is 1.13. The number of nitroso groups, excluding NO2 is 1. The number of rotatable bonds is 1. The van der Waals surface area contributed by atoms with Crippen LogP contribution in [0.25, 0.3) is 0 Å². The molecule has 1 aliphatic heterocycles. The highest BCUT2D eigenvalue weighted by atomic mass is 16.3. The Balaban J connectivity index is 2.53. The Morgan fingerprint density at radius 2 is 2.29 bits per heavy atom. The van der Waals surface area contributed by atoms with Gasteiger partial charge in [0, 0.05) is 11.1 Å². The first-order valence-electron chi connectivity index (χ1n) is 4.02. The number of hydrazone groups is 1. The monoisotopic (exact) mass is 186 g/mol. The average Bonchev–Trinajstić information content (AvgIpc) is 2.27. The molecule has 0 amide bonds. The zero-order chi connectivity index (χ0) is 9.97. The van der Waals surface area contributed by atoms with E-state index in [1.807, 2.05) is 24.3 Å². The molecule has 0 saturated heterocycles. The van der Waals surface area contributed by atoms with Crippen molar-refractivity contribution in [2.24, 2.45) is 10.4 Å². The van der Waals surface area contributed by atoms with Crippen LogP contribution in [0.5, 0.6) is 0 Å². The highest BCUT2D eigenvalue weighted by Gasteiger charge is 2.24. The summed E-state index contributed by atoms with van der Waals surface area (Å²) in [5, 5.41) is 16.1. The van der Waals surface area contributed by atoms with Gasteiger partial charge in [-0.3, -0.25) is 0 Å². The van der Waals surface area contributed by atoms with Crippen molar-refractivity contribution in [2.45, 2.75) is 6.04 Å². The summed E-state index contributed by atoms with van der Waals surface area (Å²) >= 11 is 0. The van der Waals surface area contributed by atoms with Gasteiger partial charge in [-0.15, -0.1) is 10.0 Å². The molecule has 5 heteroatoms. The maximum Gasteiger partial charge on any atom is 0.186 e. The Bertz CT molecular complexity index is 435. The maximum atomic E-state index is 10.4. The minimum absolute atomic E-state index is 0.714. The van der Waals surface area contributed by atoms with Gasteiger partial charge in [-0.05, 0) is 0 Å². The van der Waals surface area contributed by atoms with Crippen LogP contribution >= 0.6 is 0 Å². The van der Waals surface area contributed by atoms with Crippen LogP contribution in [0.1, 0.15) is 17.2 Å². The lowest BCUT2D eigenvalue weighted by molar-refractivity contribution is 0.253. The molecule has 0 aromatic heterocycles. The first-order chi connectivity index (χ1) is 6.86. The van der Waals surface area contributed by atoms with E-state index in [1.54, 1.807) is 6.07 Å². The molecule has 1 atom stereocenters. The van der Waals surface area contributed by atoms with E-state index in [1.165, 1.54) is 6.21 Å². The quantitative estimate of drug-likeness (QED) is 0.625. The van der Waals surface area contributed by atoms with Crippen molar-refractivity contribution >= 4 is 6.21 Å². The maximum absolute atomic E-state index is 10.4. The first-order valence-corrected chi connectivity index (χ1v) is 4.02. The summed E-state index contributed by atoms with van der Waals surface area (Å²) in [5.41, 5.74) is 1.60. The summed E-state index contributed by atoms with van der Waals surface area (Å²) in [5.74, 6) is 0. The molecule has 1 heterocycles. The first kappa shape index (κ1) is 8.38. The second kappa shape index (κ2) is 3.26. The number of nitrogens with zero attached hydrogens (tertiary/aromatic N) is 4. The Hall–Kier alpha value is -2.22. The van der Waals surface area contributed by atoms with Gasteiger partial charge in [-0.25, -0.2) is 0 Å². The lowest BCUT2D eigenvalue weighted by Gasteiger charge is -2.21. The van der Waals surface area contributed by atoms with E-state index in [4.69, 9.17) is 5.26 Å². The molecule has 1 aliphatic rings. The third-order valence-corrected chi connectivity index (χ3v) is 2.04. The standard InChI is InChI=1S/C9H6N4O/c10-5-9-8-4-2-1-3-7(8)6-11-13(9)12-14/h1-4,6,9H. The zero-order valence-corrected chi connectivity index (χ0v) is 7.16. The Morgan fingerprint density at radius 3 is 3.00 bits per heavy atom. The molecular formula is C9H6N4O. The molecule has 68 valence electrons. The van der Waals surface area contributed by atoms with E-state index in [0.717, 1.165) is 16.2 Å². The summed E-state index contributed by atoms with van der Waals surface area (Å²) in [4.78, 5) is 10.4. The topological polar surface area (TPSA) is 68.8 Å². The van der Waals surface area contributed by atoms with Crippen LogP contribution in [-0.2, 0) is 0 Å². The molecule has 0 fully saturated rings. The molecular weight excluding hydrogens is 180 g/mol. The molecule has 5 nitrogen and oxygen atoms in total. The Labute approximate surface area is 80.2 Å². The molecule has 0 aliphatic carbocycles. The third-order valence-electron chi connectivity index (χ3n) is 2.04. The molecule has 0 spiro atoms. The number of hydrogen-bond acceptors (Lipinski definition) is 4. The van der Waals surface area contributed by atoms with E-state index in [-0.39, 0.29) is 0 Å². The SMILES string of the molecule is N#CC1c2ccccc2C=NN1N=O. The fraction of sp³-hybridized carbons (Fsp3) is 0.111. The van der Waals surface area contributed by atoms with Gasteiger partial charge in [0.1, 0.15) is 0 Å². The van der Waals surface area contributed by atoms with Crippen LogP contribution in [-0.4, -0.2) is 11.3 Å². The Kier molecular flexibility index (Phi) is 1.95. The van der Waals surface area contributed by atoms with Crippen molar-refractivity contribution in [2.75, 3.05) is 0 Å². The molecule has 1 aromatic rings. The average molecular weight is 186 g/mol. The summed E-state index contributed by atoms with van der Waals surface area (Å²) in [6, 6.07) is 8.55. The number of fused-ring (bicyclic) bond motifs is 1. The van der Waals surface area contributed by atoms with Gasteiger partial charge in [-0.2, -0.15) is 10.4 Å². The van der Waals surface area contributed by atoms with E-state index in [0.29, 0.717) is 0 Å². The van der Waals surface area contributed by atoms with Crippen LogP contribution in [0, 0.1) is 16.2 Å². The van der Waals surface area contributed by atoms with Crippen molar-refractivity contribution < 1.29 is 0 Å². The molecule has 1 unspecified atom stereocenters. The van der Waals surface area contributed by atoms with Gasteiger partial charge in [-0.1, -0.05) is 24.3 Å². The number of hydrogen-bond donors (Lipinski definition) is 0. The van der Waals surface area contributed by atoms with E-state index in [2.05, 4.69) is 10.4 Å². The van der Waals surface area contributed by atoms with Gasteiger partial charge in [0.2, 0.25) is 0 Å². The van der Waals surface area contributed by atoms with Crippen molar-refractivity contribution in [3.8, 4) is 6.07 Å². The van der Waals surface area contributed by atoms with Crippen molar-refractivity contribution in [1.29, 1.82) is 5.26 Å². The summed E-state index contributed by atoms with van der Waals surface area (Å²) in [7, 11) is 0. The van der Waals surface area contributed by atoms with Gasteiger partial charge in [0.15, 0.2) is 6.04 Å². The predicted octanol–water partition coefficient (Wildman–Crippen LogP) is 1.58. The summed E-state index contributed by atoms with van der Waals surface area (Å²) < 4.78 is 0. The minimum atomic E-state index is -0.714. The lowest BCUT2D eigenvalue weighted by atomic mass is 10.0.